The predicted octanol–water partition coefficient (Wildman–Crippen LogP) is 18.4. The quantitative estimate of drug-likeness (QED) is 0.161. The number of hydrogen-bond donors (Lipinski definition) is 0. The molecule has 0 spiro atoms. The highest BCUT2D eigenvalue weighted by molar-refractivity contribution is 6.25. The van der Waals surface area contributed by atoms with Gasteiger partial charge in [0.1, 0.15) is 22.3 Å². The molecule has 0 fully saturated rings. The monoisotopic (exact) mass is 838 g/mol. The van der Waals surface area contributed by atoms with Gasteiger partial charge in [0, 0.05) is 21.5 Å². The van der Waals surface area contributed by atoms with E-state index in [4.69, 9.17) is 8.83 Å². The molecule has 0 N–H and O–H groups in total. The van der Waals surface area contributed by atoms with E-state index in [-0.39, 0.29) is 0 Å². The molecule has 0 aliphatic carbocycles. The highest BCUT2D eigenvalue weighted by Gasteiger charge is 2.21. The molecule has 0 unspecified atom stereocenters. The molecule has 0 aliphatic rings. The summed E-state index contributed by atoms with van der Waals surface area (Å²) in [5.41, 5.74) is 15.4. The van der Waals surface area contributed by atoms with Gasteiger partial charge < -0.3 is 8.83 Å². The van der Waals surface area contributed by atoms with Crippen molar-refractivity contribution in [3.63, 3.8) is 0 Å². The van der Waals surface area contributed by atoms with Crippen LogP contribution in [0, 0.1) is 0 Å². The van der Waals surface area contributed by atoms with E-state index in [1.165, 1.54) is 76.5 Å². The van der Waals surface area contributed by atoms with Gasteiger partial charge in [-0.05, 0) is 153 Å². The van der Waals surface area contributed by atoms with E-state index in [1.54, 1.807) is 0 Å². The van der Waals surface area contributed by atoms with Gasteiger partial charge in [-0.1, -0.05) is 176 Å². The average Bonchev–Trinajstić information content (AvgIpc) is 3.95. The smallest absolute Gasteiger partial charge is 0.135 e. The van der Waals surface area contributed by atoms with Gasteiger partial charge in [-0.25, -0.2) is 0 Å². The Bertz CT molecular complexity index is 4290. The van der Waals surface area contributed by atoms with Crippen LogP contribution in [0.15, 0.2) is 239 Å². The van der Waals surface area contributed by atoms with Crippen LogP contribution in [0.3, 0.4) is 0 Å². The van der Waals surface area contributed by atoms with E-state index in [0.29, 0.717) is 0 Å². The summed E-state index contributed by atoms with van der Waals surface area (Å²) in [6.07, 6.45) is 0. The minimum atomic E-state index is 0.895. The molecular weight excluding hydrogens is 801 g/mol. The molecule has 306 valence electrons. The first-order chi connectivity index (χ1) is 32.7. The normalized spacial score (nSPS) is 11.9. The van der Waals surface area contributed by atoms with E-state index in [9.17, 15) is 0 Å². The maximum absolute atomic E-state index is 6.29. The second kappa shape index (κ2) is 14.4. The van der Waals surface area contributed by atoms with Crippen LogP contribution in [0.25, 0.3) is 143 Å². The Balaban J connectivity index is 1.08. The molecular formula is C64H38O2. The van der Waals surface area contributed by atoms with E-state index < -0.39 is 0 Å². The van der Waals surface area contributed by atoms with Crippen LogP contribution in [0.1, 0.15) is 0 Å². The fourth-order valence-corrected chi connectivity index (χ4v) is 10.8. The van der Waals surface area contributed by atoms with Gasteiger partial charge in [0.25, 0.3) is 0 Å². The van der Waals surface area contributed by atoms with Gasteiger partial charge >= 0.3 is 0 Å². The van der Waals surface area contributed by atoms with Gasteiger partial charge in [0.2, 0.25) is 0 Å². The first kappa shape index (κ1) is 36.7. The molecule has 0 atom stereocenters. The molecule has 12 aromatic carbocycles. The minimum absolute atomic E-state index is 0.895. The molecule has 0 radical (unpaired) electrons. The lowest BCUT2D eigenvalue weighted by Gasteiger charge is -2.21. The van der Waals surface area contributed by atoms with Crippen LogP contribution < -0.4 is 0 Å². The Morgan fingerprint density at radius 2 is 0.606 bits per heavy atom. The Morgan fingerprint density at radius 3 is 1.21 bits per heavy atom. The summed E-state index contributed by atoms with van der Waals surface area (Å²) in [4.78, 5) is 0. The van der Waals surface area contributed by atoms with E-state index >= 15 is 0 Å². The highest BCUT2D eigenvalue weighted by atomic mass is 16.3. The van der Waals surface area contributed by atoms with Gasteiger partial charge in [0.05, 0.1) is 0 Å². The van der Waals surface area contributed by atoms with Crippen LogP contribution in [-0.2, 0) is 0 Å². The van der Waals surface area contributed by atoms with E-state index in [0.717, 1.165) is 66.1 Å². The fraction of sp³-hybridized carbons (Fsp3) is 0. The van der Waals surface area contributed by atoms with Crippen molar-refractivity contribution in [1.29, 1.82) is 0 Å². The molecule has 0 amide bonds. The van der Waals surface area contributed by atoms with Crippen molar-refractivity contribution in [2.45, 2.75) is 0 Å². The summed E-state index contributed by atoms with van der Waals surface area (Å²) >= 11 is 0. The SMILES string of the molecule is c1cc(-c2cccc3ccccc23)cc(-c2c3cc(-c4ccc5oc6ccccc6c5c4)ccc3c(-c3cccc4ccccc34)c3cc(-c4ccc5oc6ccccc6c5c4)ccc23)c1. The third-order valence-corrected chi connectivity index (χ3v) is 13.8. The van der Waals surface area contributed by atoms with Crippen LogP contribution >= 0.6 is 0 Å². The second-order valence-corrected chi connectivity index (χ2v) is 17.5. The summed E-state index contributed by atoms with van der Waals surface area (Å²) < 4.78 is 12.6. The largest absolute Gasteiger partial charge is 0.456 e. The molecule has 0 saturated carbocycles. The van der Waals surface area contributed by atoms with Crippen molar-refractivity contribution < 1.29 is 8.83 Å². The molecule has 66 heavy (non-hydrogen) atoms. The standard InChI is InChI=1S/C64H38O2/c1-3-18-47-39(12-1)14-10-22-49(47)45-16-9-17-46(34-45)63-53-30-26-42(44-29-33-62-56(36-44)51-21-6-8-25-60(51)66-62)38-58(53)64(52-23-11-15-40-13-2-4-19-48(40)52)54-31-27-41(37-57(54)63)43-28-32-61-55(35-43)50-20-5-7-24-59(50)65-61/h1-38H. The molecule has 2 heteroatoms. The molecule has 14 rings (SSSR count). The first-order valence-electron chi connectivity index (χ1n) is 22.6. The zero-order valence-electron chi connectivity index (χ0n) is 35.8. The van der Waals surface area contributed by atoms with Crippen molar-refractivity contribution >= 4 is 87.0 Å². The number of rotatable bonds is 5. The number of benzene rings is 12. The summed E-state index contributed by atoms with van der Waals surface area (Å²) in [6.45, 7) is 0. The summed E-state index contributed by atoms with van der Waals surface area (Å²) in [6, 6.07) is 84.1. The van der Waals surface area contributed by atoms with Crippen LogP contribution in [0.5, 0.6) is 0 Å². The average molecular weight is 839 g/mol. The van der Waals surface area contributed by atoms with Crippen LogP contribution in [-0.4, -0.2) is 0 Å². The van der Waals surface area contributed by atoms with Crippen molar-refractivity contribution in [1.82, 2.24) is 0 Å². The molecule has 0 aliphatic heterocycles. The second-order valence-electron chi connectivity index (χ2n) is 17.5. The molecule has 0 bridgehead atoms. The zero-order valence-corrected chi connectivity index (χ0v) is 35.8. The third kappa shape index (κ3) is 5.68. The lowest BCUT2D eigenvalue weighted by molar-refractivity contribution is 0.668. The molecule has 0 saturated heterocycles. The van der Waals surface area contributed by atoms with E-state index in [2.05, 4.69) is 206 Å². The number of para-hydroxylation sites is 2. The van der Waals surface area contributed by atoms with Gasteiger partial charge in [-0.2, -0.15) is 0 Å². The summed E-state index contributed by atoms with van der Waals surface area (Å²) in [5, 5.41) is 14.2. The predicted molar refractivity (Wildman–Crippen MR) is 278 cm³/mol. The molecule has 2 nitrogen and oxygen atoms in total. The van der Waals surface area contributed by atoms with Gasteiger partial charge in [0.15, 0.2) is 0 Å². The lowest BCUT2D eigenvalue weighted by Crippen LogP contribution is -1.94. The topological polar surface area (TPSA) is 26.3 Å². The Kier molecular flexibility index (Phi) is 8.02. The molecule has 14 aromatic rings. The van der Waals surface area contributed by atoms with Crippen molar-refractivity contribution in [2.75, 3.05) is 0 Å². The summed E-state index contributed by atoms with van der Waals surface area (Å²) in [7, 11) is 0. The Morgan fingerprint density at radius 1 is 0.197 bits per heavy atom. The third-order valence-electron chi connectivity index (χ3n) is 13.8. The number of fused-ring (bicyclic) bond motifs is 10. The van der Waals surface area contributed by atoms with Gasteiger partial charge in [-0.15, -0.1) is 0 Å². The van der Waals surface area contributed by atoms with Crippen LogP contribution in [0.4, 0.5) is 0 Å². The van der Waals surface area contributed by atoms with Crippen molar-refractivity contribution in [2.24, 2.45) is 0 Å². The Hall–Kier alpha value is -8.72. The maximum Gasteiger partial charge on any atom is 0.135 e. The molecule has 2 aromatic heterocycles. The molecule has 2 heterocycles. The number of hydrogen-bond acceptors (Lipinski definition) is 2. The van der Waals surface area contributed by atoms with Crippen molar-refractivity contribution in [3.05, 3.63) is 231 Å². The Labute approximate surface area is 380 Å². The van der Waals surface area contributed by atoms with E-state index in [1.807, 2.05) is 24.3 Å². The fourth-order valence-electron chi connectivity index (χ4n) is 10.8. The minimum Gasteiger partial charge on any atom is -0.456 e. The van der Waals surface area contributed by atoms with Crippen molar-refractivity contribution in [3.8, 4) is 55.6 Å². The highest BCUT2D eigenvalue weighted by Crippen LogP contribution is 2.48. The first-order valence-corrected chi connectivity index (χ1v) is 22.6. The maximum atomic E-state index is 6.29. The van der Waals surface area contributed by atoms with Gasteiger partial charge in [-0.3, -0.25) is 0 Å². The summed E-state index contributed by atoms with van der Waals surface area (Å²) in [5.74, 6) is 0. The number of furan rings is 2. The lowest BCUT2D eigenvalue weighted by atomic mass is 9.82. The zero-order chi connectivity index (χ0) is 43.3. The van der Waals surface area contributed by atoms with Crippen LogP contribution in [0.2, 0.25) is 0 Å².